The summed E-state index contributed by atoms with van der Waals surface area (Å²) in [5, 5.41) is 3.07. The fraction of sp³-hybridized carbons (Fsp3) is 0.333. The standard InChI is InChI=1S/C21H26N2O4.C9H10O2/c1-25-20-6-3-2-5-17(20)16-26-13-4-14-27-19-9-7-18(8-10-19)23-12-11-22-15-21(23)24;1-7-3-5-8(6-4-7)9(10)11-2/h2-3,5-10,22H,4,11-16H2,1H3;3-6H,1-2H3. The Morgan fingerprint density at radius 3 is 2.37 bits per heavy atom. The number of esters is 1. The maximum absolute atomic E-state index is 11.9. The molecule has 1 amide bonds. The van der Waals surface area contributed by atoms with E-state index in [1.807, 2.05) is 67.6 Å². The number of nitrogens with zero attached hydrogens (tertiary/aromatic N) is 1. The largest absolute Gasteiger partial charge is 0.496 e. The average Bonchev–Trinajstić information content (AvgIpc) is 2.96. The van der Waals surface area contributed by atoms with E-state index in [1.165, 1.54) is 7.11 Å². The minimum Gasteiger partial charge on any atom is -0.496 e. The number of benzene rings is 3. The zero-order valence-corrected chi connectivity index (χ0v) is 22.3. The number of piperazine rings is 1. The molecule has 0 bridgehead atoms. The number of ether oxygens (including phenoxy) is 4. The van der Waals surface area contributed by atoms with E-state index in [4.69, 9.17) is 14.2 Å². The number of hydrogen-bond acceptors (Lipinski definition) is 7. The lowest BCUT2D eigenvalue weighted by molar-refractivity contribution is -0.118. The number of hydrogen-bond donors (Lipinski definition) is 1. The molecule has 0 radical (unpaired) electrons. The van der Waals surface area contributed by atoms with Crippen LogP contribution in [0.4, 0.5) is 5.69 Å². The molecule has 38 heavy (non-hydrogen) atoms. The smallest absolute Gasteiger partial charge is 0.337 e. The maximum Gasteiger partial charge on any atom is 0.337 e. The molecule has 0 saturated carbocycles. The molecule has 3 aromatic carbocycles. The Hall–Kier alpha value is -3.88. The Bertz CT molecular complexity index is 1150. The number of aryl methyl sites for hydroxylation is 1. The maximum atomic E-state index is 11.9. The van der Waals surface area contributed by atoms with Crippen LogP contribution >= 0.6 is 0 Å². The van der Waals surface area contributed by atoms with Gasteiger partial charge in [0.25, 0.3) is 0 Å². The van der Waals surface area contributed by atoms with Gasteiger partial charge in [-0.1, -0.05) is 35.9 Å². The van der Waals surface area contributed by atoms with Gasteiger partial charge in [-0.15, -0.1) is 0 Å². The van der Waals surface area contributed by atoms with Gasteiger partial charge in [0, 0.05) is 30.8 Å². The predicted molar refractivity (Wildman–Crippen MR) is 147 cm³/mol. The Morgan fingerprint density at radius 2 is 1.68 bits per heavy atom. The van der Waals surface area contributed by atoms with E-state index < -0.39 is 0 Å². The van der Waals surface area contributed by atoms with E-state index in [1.54, 1.807) is 24.1 Å². The minimum atomic E-state index is -0.287. The van der Waals surface area contributed by atoms with Gasteiger partial charge in [-0.2, -0.15) is 0 Å². The van der Waals surface area contributed by atoms with E-state index >= 15 is 0 Å². The van der Waals surface area contributed by atoms with Crippen molar-refractivity contribution in [2.75, 3.05) is 52.0 Å². The van der Waals surface area contributed by atoms with E-state index in [0.29, 0.717) is 38.5 Å². The zero-order valence-electron chi connectivity index (χ0n) is 22.3. The van der Waals surface area contributed by atoms with Gasteiger partial charge in [0.05, 0.1) is 46.1 Å². The zero-order chi connectivity index (χ0) is 27.2. The molecule has 0 unspecified atom stereocenters. The summed E-state index contributed by atoms with van der Waals surface area (Å²) in [6.07, 6.45) is 0.799. The second kappa shape index (κ2) is 15.4. The number of methoxy groups -OCH3 is 2. The van der Waals surface area contributed by atoms with Crippen LogP contribution in [0.15, 0.2) is 72.8 Å². The van der Waals surface area contributed by atoms with E-state index in [2.05, 4.69) is 10.1 Å². The first kappa shape index (κ1) is 28.7. The predicted octanol–water partition coefficient (Wildman–Crippen LogP) is 4.40. The first-order chi connectivity index (χ1) is 18.5. The third kappa shape index (κ3) is 8.90. The summed E-state index contributed by atoms with van der Waals surface area (Å²) >= 11 is 0. The third-order valence-corrected chi connectivity index (χ3v) is 5.86. The molecule has 1 saturated heterocycles. The van der Waals surface area contributed by atoms with Crippen molar-refractivity contribution >= 4 is 17.6 Å². The van der Waals surface area contributed by atoms with Crippen molar-refractivity contribution in [1.29, 1.82) is 0 Å². The van der Waals surface area contributed by atoms with Crippen molar-refractivity contribution < 1.29 is 28.5 Å². The van der Waals surface area contributed by atoms with Crippen molar-refractivity contribution in [2.45, 2.75) is 20.0 Å². The SMILES string of the molecule is COC(=O)c1ccc(C)cc1.COc1ccccc1COCCCOc1ccc(N2CCNCC2=O)cc1. The van der Waals surface area contributed by atoms with Crippen molar-refractivity contribution in [3.8, 4) is 11.5 Å². The quantitative estimate of drug-likeness (QED) is 0.313. The summed E-state index contributed by atoms with van der Waals surface area (Å²) in [6, 6.07) is 22.8. The second-order valence-corrected chi connectivity index (χ2v) is 8.64. The second-order valence-electron chi connectivity index (χ2n) is 8.64. The number of para-hydroxylation sites is 1. The van der Waals surface area contributed by atoms with Crippen molar-refractivity contribution in [3.05, 3.63) is 89.5 Å². The van der Waals surface area contributed by atoms with Crippen LogP contribution in [0.1, 0.15) is 27.9 Å². The molecule has 8 heteroatoms. The van der Waals surface area contributed by atoms with Gasteiger partial charge < -0.3 is 29.2 Å². The van der Waals surface area contributed by atoms with Gasteiger partial charge in [0.1, 0.15) is 11.5 Å². The first-order valence-corrected chi connectivity index (χ1v) is 12.6. The summed E-state index contributed by atoms with van der Waals surface area (Å²) in [5.41, 5.74) is 3.68. The van der Waals surface area contributed by atoms with Crippen LogP contribution in [0.2, 0.25) is 0 Å². The average molecular weight is 521 g/mol. The molecule has 1 aliphatic heterocycles. The molecule has 4 rings (SSSR count). The molecule has 202 valence electrons. The molecule has 0 spiro atoms. The Balaban J connectivity index is 0.000000304. The highest BCUT2D eigenvalue weighted by atomic mass is 16.5. The lowest BCUT2D eigenvalue weighted by atomic mass is 10.2. The van der Waals surface area contributed by atoms with Gasteiger partial charge in [0.2, 0.25) is 5.91 Å². The molecule has 3 aromatic rings. The highest BCUT2D eigenvalue weighted by Crippen LogP contribution is 2.21. The molecule has 0 atom stereocenters. The molecule has 1 fully saturated rings. The molecular formula is C30H36N2O6. The van der Waals surface area contributed by atoms with E-state index in [9.17, 15) is 9.59 Å². The van der Waals surface area contributed by atoms with Gasteiger partial charge in [-0.3, -0.25) is 4.79 Å². The molecule has 1 N–H and O–H groups in total. The summed E-state index contributed by atoms with van der Waals surface area (Å²) in [7, 11) is 3.04. The normalized spacial score (nSPS) is 12.8. The van der Waals surface area contributed by atoms with Crippen molar-refractivity contribution in [2.24, 2.45) is 0 Å². The molecule has 0 aliphatic carbocycles. The number of nitrogens with one attached hydrogen (secondary N) is 1. The highest BCUT2D eigenvalue weighted by molar-refractivity contribution is 5.95. The Labute approximate surface area is 224 Å². The van der Waals surface area contributed by atoms with Crippen LogP contribution in [0, 0.1) is 6.92 Å². The van der Waals surface area contributed by atoms with Crippen LogP contribution in [0.5, 0.6) is 11.5 Å². The van der Waals surface area contributed by atoms with Crippen LogP contribution < -0.4 is 19.7 Å². The molecule has 1 heterocycles. The fourth-order valence-corrected chi connectivity index (χ4v) is 3.76. The van der Waals surface area contributed by atoms with Crippen LogP contribution in [0.25, 0.3) is 0 Å². The highest BCUT2D eigenvalue weighted by Gasteiger charge is 2.18. The van der Waals surface area contributed by atoms with Gasteiger partial charge >= 0.3 is 5.97 Å². The number of carbonyl (C=O) groups excluding carboxylic acids is 2. The van der Waals surface area contributed by atoms with Gasteiger partial charge in [0.15, 0.2) is 0 Å². The first-order valence-electron chi connectivity index (χ1n) is 12.6. The van der Waals surface area contributed by atoms with E-state index in [0.717, 1.165) is 41.3 Å². The molecule has 0 aromatic heterocycles. The van der Waals surface area contributed by atoms with Crippen molar-refractivity contribution in [3.63, 3.8) is 0 Å². The molecule has 1 aliphatic rings. The minimum absolute atomic E-state index is 0.0992. The number of amides is 1. The third-order valence-electron chi connectivity index (χ3n) is 5.86. The van der Waals surface area contributed by atoms with Gasteiger partial charge in [-0.05, 0) is 49.4 Å². The summed E-state index contributed by atoms with van der Waals surface area (Å²) in [6.45, 7) is 5.61. The fourth-order valence-electron chi connectivity index (χ4n) is 3.76. The van der Waals surface area contributed by atoms with Crippen LogP contribution in [-0.2, 0) is 20.9 Å². The van der Waals surface area contributed by atoms with Gasteiger partial charge in [-0.25, -0.2) is 4.79 Å². The van der Waals surface area contributed by atoms with Crippen LogP contribution in [0.3, 0.4) is 0 Å². The van der Waals surface area contributed by atoms with Crippen molar-refractivity contribution in [1.82, 2.24) is 5.32 Å². The number of rotatable bonds is 10. The molecular weight excluding hydrogens is 484 g/mol. The summed E-state index contributed by atoms with van der Waals surface area (Å²) in [4.78, 5) is 24.6. The van der Waals surface area contributed by atoms with Crippen LogP contribution in [-0.4, -0.2) is 58.9 Å². The van der Waals surface area contributed by atoms with E-state index in [-0.39, 0.29) is 11.9 Å². The Morgan fingerprint density at radius 1 is 0.947 bits per heavy atom. The summed E-state index contributed by atoms with van der Waals surface area (Å²) in [5.74, 6) is 1.45. The number of anilines is 1. The monoisotopic (exact) mass is 520 g/mol. The number of carbonyl (C=O) groups is 2. The lowest BCUT2D eigenvalue weighted by Crippen LogP contribution is -2.48. The molecule has 8 nitrogen and oxygen atoms in total. The summed E-state index contributed by atoms with van der Waals surface area (Å²) < 4.78 is 21.3. The topological polar surface area (TPSA) is 86.3 Å². The Kier molecular flexibility index (Phi) is 11.6. The lowest BCUT2D eigenvalue weighted by Gasteiger charge is -2.27.